The van der Waals surface area contributed by atoms with Crippen LogP contribution in [0.25, 0.3) is 0 Å². The van der Waals surface area contributed by atoms with Crippen LogP contribution in [0, 0.1) is 25.2 Å². The smallest absolute Gasteiger partial charge is 0.229 e. The first-order valence-electron chi connectivity index (χ1n) is 12.7. The second-order valence-electron chi connectivity index (χ2n) is 11.5. The Hall–Kier alpha value is -2.21. The summed E-state index contributed by atoms with van der Waals surface area (Å²) in [5, 5.41) is 12.6. The lowest BCUT2D eigenvalue weighted by Crippen LogP contribution is -2.43. The molecule has 1 N–H and O–H groups in total. The van der Waals surface area contributed by atoms with Crippen molar-refractivity contribution >= 4 is 11.6 Å². The van der Waals surface area contributed by atoms with Gasteiger partial charge in [0.1, 0.15) is 5.82 Å². The van der Waals surface area contributed by atoms with E-state index >= 15 is 0 Å². The molecule has 2 aliphatic rings. The number of aryl methyl sites for hydroxylation is 3. The fourth-order valence-electron chi connectivity index (χ4n) is 5.21. The van der Waals surface area contributed by atoms with Gasteiger partial charge in [0.2, 0.25) is 5.91 Å². The molecule has 6 heteroatoms. The van der Waals surface area contributed by atoms with Crippen LogP contribution < -0.4 is 5.32 Å². The second kappa shape index (κ2) is 9.57. The van der Waals surface area contributed by atoms with Crippen LogP contribution in [0.5, 0.6) is 0 Å². The van der Waals surface area contributed by atoms with E-state index in [2.05, 4.69) is 73.7 Å². The Kier molecular flexibility index (Phi) is 6.94. The summed E-state index contributed by atoms with van der Waals surface area (Å²) in [6.07, 6.45) is 7.52. The van der Waals surface area contributed by atoms with Crippen LogP contribution in [-0.4, -0.2) is 39.2 Å². The molecule has 2 fully saturated rings. The van der Waals surface area contributed by atoms with E-state index in [4.69, 9.17) is 5.10 Å². The Morgan fingerprint density at radius 1 is 1.15 bits per heavy atom. The third-order valence-electron chi connectivity index (χ3n) is 7.16. The molecule has 2 heterocycles. The highest BCUT2D eigenvalue weighted by molar-refractivity contribution is 5.93. The van der Waals surface area contributed by atoms with Crippen molar-refractivity contribution in [1.29, 1.82) is 0 Å². The van der Waals surface area contributed by atoms with E-state index in [9.17, 15) is 4.79 Å². The van der Waals surface area contributed by atoms with Crippen LogP contribution in [0.15, 0.2) is 18.2 Å². The number of carbonyl (C=O) groups is 1. The largest absolute Gasteiger partial charge is 0.326 e. The third kappa shape index (κ3) is 5.65. The Labute approximate surface area is 199 Å². The van der Waals surface area contributed by atoms with Crippen LogP contribution in [0.3, 0.4) is 0 Å². The summed E-state index contributed by atoms with van der Waals surface area (Å²) >= 11 is 0. The minimum atomic E-state index is -0.131. The fraction of sp³-hybridized carbons (Fsp3) is 0.667. The summed E-state index contributed by atoms with van der Waals surface area (Å²) in [7, 11) is 2.13. The highest BCUT2D eigenvalue weighted by atomic mass is 16.2. The first-order valence-corrected chi connectivity index (χ1v) is 12.7. The molecule has 0 bridgehead atoms. The molecule has 180 valence electrons. The number of benzene rings is 1. The van der Waals surface area contributed by atoms with E-state index in [0.29, 0.717) is 11.5 Å². The maximum absolute atomic E-state index is 13.5. The molecule has 6 nitrogen and oxygen atoms in total. The molecule has 1 aromatic carbocycles. The fourth-order valence-corrected chi connectivity index (χ4v) is 5.21. The van der Waals surface area contributed by atoms with Crippen molar-refractivity contribution in [3.8, 4) is 0 Å². The summed E-state index contributed by atoms with van der Waals surface area (Å²) in [4.78, 5) is 15.8. The normalized spacial score (nSPS) is 21.9. The van der Waals surface area contributed by atoms with Gasteiger partial charge in [-0.3, -0.25) is 9.69 Å². The predicted octanol–water partition coefficient (Wildman–Crippen LogP) is 5.62. The first kappa shape index (κ1) is 23.9. The van der Waals surface area contributed by atoms with Crippen molar-refractivity contribution in [2.45, 2.75) is 91.6 Å². The zero-order chi connectivity index (χ0) is 23.8. The van der Waals surface area contributed by atoms with Crippen molar-refractivity contribution in [3.63, 3.8) is 0 Å². The molecule has 33 heavy (non-hydrogen) atoms. The molecule has 1 saturated carbocycles. The van der Waals surface area contributed by atoms with Gasteiger partial charge in [-0.25, -0.2) is 0 Å². The number of likely N-dealkylation sites (tertiary alicyclic amines) is 1. The van der Waals surface area contributed by atoms with Gasteiger partial charge >= 0.3 is 0 Å². The number of rotatable bonds is 7. The summed E-state index contributed by atoms with van der Waals surface area (Å²) < 4.78 is 2.40. The second-order valence-corrected chi connectivity index (χ2v) is 11.5. The number of aromatic nitrogens is 3. The minimum absolute atomic E-state index is 0.0334. The SMILES string of the molecule is Cc1ccc(NC(=O)[C@H]2CCCN(C)C2c2nnc(CCCC(C)(C)C)n2C2CC2)c(C)c1. The van der Waals surface area contributed by atoms with Gasteiger partial charge in [-0.15, -0.1) is 10.2 Å². The highest BCUT2D eigenvalue weighted by Crippen LogP contribution is 2.42. The van der Waals surface area contributed by atoms with Gasteiger partial charge in [0.15, 0.2) is 5.82 Å². The van der Waals surface area contributed by atoms with Crippen LogP contribution in [-0.2, 0) is 11.2 Å². The number of piperidine rings is 1. The van der Waals surface area contributed by atoms with Crippen LogP contribution in [0.4, 0.5) is 5.69 Å². The Balaban J connectivity index is 1.58. The molecule has 1 aliphatic heterocycles. The molecule has 1 aliphatic carbocycles. The van der Waals surface area contributed by atoms with Crippen molar-refractivity contribution in [3.05, 3.63) is 41.0 Å². The highest BCUT2D eigenvalue weighted by Gasteiger charge is 2.41. The monoisotopic (exact) mass is 451 g/mol. The molecule has 1 amide bonds. The standard InChI is InChI=1S/C27H41N5O/c1-18-11-14-22(19(2)17-18)28-26(33)21-9-8-16-31(6)24(21)25-30-29-23(32(25)20-12-13-20)10-7-15-27(3,4)5/h11,14,17,20-21,24H,7-10,12-13,15-16H2,1-6H3,(H,28,33)/t21-,24?/m0/s1. The summed E-state index contributed by atoms with van der Waals surface area (Å²) in [6.45, 7) is 12.0. The average Bonchev–Trinajstić information content (AvgIpc) is 3.49. The maximum atomic E-state index is 13.5. The van der Waals surface area contributed by atoms with Gasteiger partial charge in [-0.05, 0) is 83.0 Å². The summed E-state index contributed by atoms with van der Waals surface area (Å²) in [5.41, 5.74) is 3.54. The van der Waals surface area contributed by atoms with E-state index in [1.807, 2.05) is 6.07 Å². The van der Waals surface area contributed by atoms with Gasteiger partial charge in [0.05, 0.1) is 12.0 Å². The van der Waals surface area contributed by atoms with E-state index < -0.39 is 0 Å². The zero-order valence-electron chi connectivity index (χ0n) is 21.3. The number of carbonyl (C=O) groups excluding carboxylic acids is 1. The quantitative estimate of drug-likeness (QED) is 0.593. The summed E-state index contributed by atoms with van der Waals surface area (Å²) in [5.74, 6) is 2.06. The lowest BCUT2D eigenvalue weighted by atomic mass is 9.87. The molecule has 2 atom stereocenters. The molecule has 4 rings (SSSR count). The number of amides is 1. The van der Waals surface area contributed by atoms with Gasteiger partial charge in [0, 0.05) is 18.2 Å². The van der Waals surface area contributed by atoms with Gasteiger partial charge in [-0.1, -0.05) is 38.5 Å². The van der Waals surface area contributed by atoms with Crippen LogP contribution in [0.1, 0.15) is 94.2 Å². The predicted molar refractivity (Wildman–Crippen MR) is 133 cm³/mol. The van der Waals surface area contributed by atoms with E-state index in [1.165, 1.54) is 24.8 Å². The number of hydrogen-bond donors (Lipinski definition) is 1. The number of anilines is 1. The molecule has 0 spiro atoms. The van der Waals surface area contributed by atoms with Gasteiger partial charge in [0.25, 0.3) is 0 Å². The van der Waals surface area contributed by atoms with Crippen molar-refractivity contribution in [2.24, 2.45) is 11.3 Å². The molecule has 0 radical (unpaired) electrons. The lowest BCUT2D eigenvalue weighted by Gasteiger charge is -2.38. The number of hydrogen-bond acceptors (Lipinski definition) is 4. The van der Waals surface area contributed by atoms with Crippen molar-refractivity contribution in [1.82, 2.24) is 19.7 Å². The van der Waals surface area contributed by atoms with E-state index in [1.54, 1.807) is 0 Å². The zero-order valence-corrected chi connectivity index (χ0v) is 21.3. The molecular formula is C27H41N5O. The van der Waals surface area contributed by atoms with Crippen molar-refractivity contribution < 1.29 is 4.79 Å². The Morgan fingerprint density at radius 3 is 2.58 bits per heavy atom. The number of nitrogens with one attached hydrogen (secondary N) is 1. The summed E-state index contributed by atoms with van der Waals surface area (Å²) in [6, 6.07) is 6.66. The Morgan fingerprint density at radius 2 is 1.91 bits per heavy atom. The van der Waals surface area contributed by atoms with Crippen LogP contribution >= 0.6 is 0 Å². The first-order chi connectivity index (χ1) is 15.6. The minimum Gasteiger partial charge on any atom is -0.326 e. The maximum Gasteiger partial charge on any atom is 0.229 e. The van der Waals surface area contributed by atoms with Gasteiger partial charge < -0.3 is 9.88 Å². The van der Waals surface area contributed by atoms with E-state index in [0.717, 1.165) is 55.1 Å². The Bertz CT molecular complexity index is 985. The van der Waals surface area contributed by atoms with Gasteiger partial charge in [-0.2, -0.15) is 0 Å². The number of nitrogens with zero attached hydrogens (tertiary/aromatic N) is 4. The average molecular weight is 452 g/mol. The molecule has 2 aromatic rings. The van der Waals surface area contributed by atoms with Crippen LogP contribution in [0.2, 0.25) is 0 Å². The molecule has 1 unspecified atom stereocenters. The lowest BCUT2D eigenvalue weighted by molar-refractivity contribution is -0.123. The molecule has 1 saturated heterocycles. The topological polar surface area (TPSA) is 63.1 Å². The molecule has 1 aromatic heterocycles. The third-order valence-corrected chi connectivity index (χ3v) is 7.16. The van der Waals surface area contributed by atoms with Crippen molar-refractivity contribution in [2.75, 3.05) is 18.9 Å². The van der Waals surface area contributed by atoms with E-state index in [-0.39, 0.29) is 17.9 Å². The molecular weight excluding hydrogens is 410 g/mol.